The lowest BCUT2D eigenvalue weighted by atomic mass is 9.90. The van der Waals surface area contributed by atoms with E-state index < -0.39 is 17.7 Å². The van der Waals surface area contributed by atoms with Crippen LogP contribution >= 0.6 is 0 Å². The molecule has 2 aromatic carbocycles. The van der Waals surface area contributed by atoms with Crippen LogP contribution in [0.25, 0.3) is 0 Å². The number of fused-ring (bicyclic) bond motifs is 1. The Morgan fingerprint density at radius 3 is 2.61 bits per heavy atom. The molecule has 1 N–H and O–H groups in total. The maximum atomic E-state index is 12.8. The second kappa shape index (κ2) is 9.17. The normalized spacial score (nSPS) is 17.4. The number of methoxy groups -OCH3 is 1. The summed E-state index contributed by atoms with van der Waals surface area (Å²) in [5, 5.41) is 4.55. The van der Waals surface area contributed by atoms with Crippen molar-refractivity contribution in [1.82, 2.24) is 0 Å². The van der Waals surface area contributed by atoms with Gasteiger partial charge in [-0.05, 0) is 56.0 Å². The number of anilines is 1. The third-order valence-corrected chi connectivity index (χ3v) is 4.75. The van der Waals surface area contributed by atoms with Crippen LogP contribution in [0.15, 0.2) is 53.6 Å². The zero-order valence-electron chi connectivity index (χ0n) is 16.1. The number of ether oxygens (including phenoxy) is 2. The Bertz CT molecular complexity index is 874. The lowest BCUT2D eigenvalue weighted by molar-refractivity contribution is -0.154. The minimum atomic E-state index is -0.802. The average Bonchev–Trinajstić information content (AvgIpc) is 2.91. The molecule has 0 saturated carbocycles. The predicted octanol–water partition coefficient (Wildman–Crippen LogP) is 3.60. The Morgan fingerprint density at radius 2 is 1.89 bits per heavy atom. The maximum Gasteiger partial charge on any atom is 0.375 e. The molecule has 6 heteroatoms. The summed E-state index contributed by atoms with van der Waals surface area (Å²) in [5.41, 5.74) is 6.37. The molecule has 28 heavy (non-hydrogen) atoms. The highest BCUT2D eigenvalue weighted by Gasteiger charge is 2.34. The van der Waals surface area contributed by atoms with Gasteiger partial charge in [0.05, 0.1) is 31.0 Å². The molecule has 0 spiro atoms. The van der Waals surface area contributed by atoms with Gasteiger partial charge in [0.2, 0.25) is 5.78 Å². The number of aryl methyl sites for hydroxylation is 1. The van der Waals surface area contributed by atoms with Gasteiger partial charge >= 0.3 is 5.97 Å². The topological polar surface area (TPSA) is 77.0 Å². The number of Topliss-reactive ketones (excluding diaryl/α,β-unsaturated/α-hetero) is 1. The van der Waals surface area contributed by atoms with Gasteiger partial charge in [-0.1, -0.05) is 24.3 Å². The Morgan fingerprint density at radius 1 is 1.14 bits per heavy atom. The minimum absolute atomic E-state index is 0.171. The summed E-state index contributed by atoms with van der Waals surface area (Å²) >= 11 is 0. The molecule has 0 radical (unpaired) electrons. The van der Waals surface area contributed by atoms with Gasteiger partial charge < -0.3 is 9.47 Å². The summed E-state index contributed by atoms with van der Waals surface area (Å²) in [6, 6.07) is 15.2. The summed E-state index contributed by atoms with van der Waals surface area (Å²) in [5.74, 6) is -1.24. The molecule has 0 amide bonds. The molecule has 3 rings (SSSR count). The fourth-order valence-electron chi connectivity index (χ4n) is 3.34. The molecule has 0 heterocycles. The molecule has 1 aliphatic rings. The van der Waals surface area contributed by atoms with Crippen molar-refractivity contribution >= 4 is 23.2 Å². The van der Waals surface area contributed by atoms with Crippen molar-refractivity contribution in [3.05, 3.63) is 59.7 Å². The van der Waals surface area contributed by atoms with E-state index in [0.29, 0.717) is 12.1 Å². The second-order valence-corrected chi connectivity index (χ2v) is 6.52. The fourth-order valence-corrected chi connectivity index (χ4v) is 3.34. The number of hydrogen-bond acceptors (Lipinski definition) is 6. The van der Waals surface area contributed by atoms with Crippen LogP contribution in [0.4, 0.5) is 5.69 Å². The van der Waals surface area contributed by atoms with Crippen molar-refractivity contribution in [2.75, 3.05) is 19.1 Å². The first-order chi connectivity index (χ1) is 13.6. The van der Waals surface area contributed by atoms with E-state index in [9.17, 15) is 9.59 Å². The predicted molar refractivity (Wildman–Crippen MR) is 108 cm³/mol. The van der Waals surface area contributed by atoms with Crippen LogP contribution in [0, 0.1) is 5.92 Å². The summed E-state index contributed by atoms with van der Waals surface area (Å²) < 4.78 is 10.1. The Labute approximate surface area is 164 Å². The smallest absolute Gasteiger partial charge is 0.375 e. The van der Waals surface area contributed by atoms with Crippen molar-refractivity contribution in [2.24, 2.45) is 11.0 Å². The van der Waals surface area contributed by atoms with Gasteiger partial charge in [-0.3, -0.25) is 10.2 Å². The first-order valence-electron chi connectivity index (χ1n) is 9.41. The SMILES string of the molecule is CCOC(=O)C(=O)C1CCCc2ccccc2/C1=N\Nc1ccc(OC)cc1. The monoisotopic (exact) mass is 380 g/mol. The van der Waals surface area contributed by atoms with Crippen LogP contribution in [0.2, 0.25) is 0 Å². The number of carbonyl (C=O) groups is 2. The van der Waals surface area contributed by atoms with E-state index in [1.807, 2.05) is 48.5 Å². The van der Waals surface area contributed by atoms with Crippen LogP contribution in [-0.2, 0) is 20.7 Å². The molecule has 146 valence electrons. The third-order valence-electron chi connectivity index (χ3n) is 4.75. The zero-order valence-corrected chi connectivity index (χ0v) is 16.1. The van der Waals surface area contributed by atoms with Gasteiger partial charge in [-0.25, -0.2) is 4.79 Å². The van der Waals surface area contributed by atoms with Gasteiger partial charge in [-0.15, -0.1) is 0 Å². The van der Waals surface area contributed by atoms with E-state index in [1.165, 1.54) is 0 Å². The van der Waals surface area contributed by atoms with Crippen molar-refractivity contribution in [3.63, 3.8) is 0 Å². The number of hydrazone groups is 1. The van der Waals surface area contributed by atoms with E-state index in [1.54, 1.807) is 14.0 Å². The van der Waals surface area contributed by atoms with Crippen molar-refractivity contribution in [3.8, 4) is 5.75 Å². The number of nitrogens with one attached hydrogen (secondary N) is 1. The van der Waals surface area contributed by atoms with Crippen LogP contribution < -0.4 is 10.2 Å². The zero-order chi connectivity index (χ0) is 19.9. The summed E-state index contributed by atoms with van der Waals surface area (Å²) in [6.45, 7) is 1.86. The summed E-state index contributed by atoms with van der Waals surface area (Å²) in [6.07, 6.45) is 2.19. The number of benzene rings is 2. The minimum Gasteiger partial charge on any atom is -0.497 e. The molecule has 6 nitrogen and oxygen atoms in total. The van der Waals surface area contributed by atoms with E-state index >= 15 is 0 Å². The average molecular weight is 380 g/mol. The number of rotatable bonds is 6. The molecule has 1 aliphatic carbocycles. The summed E-state index contributed by atoms with van der Waals surface area (Å²) in [4.78, 5) is 24.9. The highest BCUT2D eigenvalue weighted by Crippen LogP contribution is 2.27. The molecule has 0 aromatic heterocycles. The maximum absolute atomic E-state index is 12.8. The molecular weight excluding hydrogens is 356 g/mol. The Balaban J connectivity index is 1.96. The van der Waals surface area contributed by atoms with E-state index in [2.05, 4.69) is 10.5 Å². The summed E-state index contributed by atoms with van der Waals surface area (Å²) in [7, 11) is 1.61. The number of ketones is 1. The molecular formula is C22H24N2O4. The first kappa shape index (κ1) is 19.6. The fraction of sp³-hybridized carbons (Fsp3) is 0.318. The highest BCUT2D eigenvalue weighted by atomic mass is 16.5. The number of esters is 1. The number of carbonyl (C=O) groups excluding carboxylic acids is 2. The molecule has 2 aromatic rings. The van der Waals surface area contributed by atoms with Crippen LogP contribution in [0.3, 0.4) is 0 Å². The molecule has 1 unspecified atom stereocenters. The quantitative estimate of drug-likeness (QED) is 0.359. The van der Waals surface area contributed by atoms with E-state index in [0.717, 1.165) is 35.4 Å². The van der Waals surface area contributed by atoms with Gasteiger partial charge in [0.15, 0.2) is 0 Å². The standard InChI is InChI=1S/C22H24N2O4/c1-3-28-22(26)21(25)19-10-6-8-15-7-4-5-9-18(15)20(19)24-23-16-11-13-17(27-2)14-12-16/h4-5,7,9,11-14,19,23H,3,6,8,10H2,1-2H3/b24-20+. The van der Waals surface area contributed by atoms with Crippen molar-refractivity contribution in [2.45, 2.75) is 26.2 Å². The third kappa shape index (κ3) is 4.39. The lowest BCUT2D eigenvalue weighted by Gasteiger charge is -2.16. The van der Waals surface area contributed by atoms with Gasteiger partial charge in [0, 0.05) is 5.56 Å². The van der Waals surface area contributed by atoms with Crippen LogP contribution in [0.1, 0.15) is 30.9 Å². The molecule has 0 bridgehead atoms. The van der Waals surface area contributed by atoms with E-state index in [4.69, 9.17) is 9.47 Å². The highest BCUT2D eigenvalue weighted by molar-refractivity contribution is 6.40. The second-order valence-electron chi connectivity index (χ2n) is 6.52. The van der Waals surface area contributed by atoms with Gasteiger partial charge in [0.1, 0.15) is 5.75 Å². The Kier molecular flexibility index (Phi) is 6.42. The largest absolute Gasteiger partial charge is 0.497 e. The van der Waals surface area contributed by atoms with Gasteiger partial charge in [0.25, 0.3) is 0 Å². The lowest BCUT2D eigenvalue weighted by Crippen LogP contribution is -2.32. The number of nitrogens with zero attached hydrogens (tertiary/aromatic N) is 1. The van der Waals surface area contributed by atoms with Crippen molar-refractivity contribution in [1.29, 1.82) is 0 Å². The van der Waals surface area contributed by atoms with Crippen LogP contribution in [-0.4, -0.2) is 31.2 Å². The van der Waals surface area contributed by atoms with Crippen LogP contribution in [0.5, 0.6) is 5.75 Å². The molecule has 0 fully saturated rings. The Hall–Kier alpha value is -3.15. The van der Waals surface area contributed by atoms with Crippen molar-refractivity contribution < 1.29 is 19.1 Å². The number of hydrogen-bond donors (Lipinski definition) is 1. The molecule has 0 saturated heterocycles. The van der Waals surface area contributed by atoms with Gasteiger partial charge in [-0.2, -0.15) is 5.10 Å². The first-order valence-corrected chi connectivity index (χ1v) is 9.41. The van der Waals surface area contributed by atoms with E-state index in [-0.39, 0.29) is 6.61 Å². The molecule has 0 aliphatic heterocycles. The molecule has 1 atom stereocenters.